The lowest BCUT2D eigenvalue weighted by atomic mass is 10.1. The van der Waals surface area contributed by atoms with Gasteiger partial charge in [-0.25, -0.2) is 0 Å². The van der Waals surface area contributed by atoms with Crippen LogP contribution in [0.5, 0.6) is 11.5 Å². The molecule has 0 unspecified atom stereocenters. The Hall–Kier alpha value is -2.80. The highest BCUT2D eigenvalue weighted by Crippen LogP contribution is 2.23. The first-order valence-corrected chi connectivity index (χ1v) is 11.8. The van der Waals surface area contributed by atoms with Crippen molar-refractivity contribution in [3.63, 3.8) is 0 Å². The quantitative estimate of drug-likeness (QED) is 0.258. The molecule has 0 atom stereocenters. The Morgan fingerprint density at radius 1 is 0.742 bits per heavy atom. The highest BCUT2D eigenvalue weighted by atomic mass is 32.2. The Morgan fingerprint density at radius 2 is 1.10 bits per heavy atom. The van der Waals surface area contributed by atoms with E-state index in [0.29, 0.717) is 17.8 Å². The van der Waals surface area contributed by atoms with Crippen LogP contribution in [0.25, 0.3) is 0 Å². The number of aliphatic imine (C=N–C) groups is 2. The molecule has 0 fully saturated rings. The monoisotopic (exact) mass is 470 g/mol. The minimum atomic E-state index is -4.41. The lowest BCUT2D eigenvalue weighted by Crippen LogP contribution is -2.04. The van der Waals surface area contributed by atoms with Gasteiger partial charge in [-0.15, -0.1) is 0 Å². The van der Waals surface area contributed by atoms with Crippen molar-refractivity contribution in [2.24, 2.45) is 9.98 Å². The molecule has 0 aromatic heterocycles. The first kappa shape index (κ1) is 24.5. The van der Waals surface area contributed by atoms with Crippen LogP contribution >= 0.6 is 0 Å². The van der Waals surface area contributed by atoms with Crippen LogP contribution in [-0.4, -0.2) is 60.7 Å². The molecule has 4 N–H and O–H groups in total. The maximum absolute atomic E-state index is 11.3. The van der Waals surface area contributed by atoms with Crippen molar-refractivity contribution in [2.75, 3.05) is 13.1 Å². The largest absolute Gasteiger partial charge is 0.507 e. The van der Waals surface area contributed by atoms with Crippen molar-refractivity contribution in [3.8, 4) is 11.5 Å². The van der Waals surface area contributed by atoms with Gasteiger partial charge >= 0.3 is 0 Å². The van der Waals surface area contributed by atoms with Crippen molar-refractivity contribution < 1.29 is 36.2 Å². The fraction of sp³-hybridized carbons (Fsp3) is 0.263. The first-order chi connectivity index (χ1) is 14.3. The standard InChI is InChI=1S/C19H22N2O8S2/c1-12(16-10-14(30(24,25)26)4-6-18(16)22)20-8-3-9-21-13(2)17-11-15(31(27,28)29)5-7-19(17)23/h4-7,10-11,22-23H,3,8-9H2,1-2H3,(H,24,25,26)(H,27,28,29). The Bertz CT molecular complexity index is 1150. The Balaban J connectivity index is 2.08. The number of phenolic OH excluding ortho intramolecular Hbond substituents is 2. The summed E-state index contributed by atoms with van der Waals surface area (Å²) in [4.78, 5) is 7.80. The van der Waals surface area contributed by atoms with Crippen LogP contribution in [0, 0.1) is 0 Å². The van der Waals surface area contributed by atoms with Crippen molar-refractivity contribution in [1.29, 1.82) is 0 Å². The fourth-order valence-corrected chi connectivity index (χ4v) is 3.68. The van der Waals surface area contributed by atoms with Gasteiger partial charge in [0.25, 0.3) is 20.2 Å². The first-order valence-electron chi connectivity index (χ1n) is 8.94. The Kier molecular flexibility index (Phi) is 7.54. The Labute approximate surface area is 180 Å². The molecule has 31 heavy (non-hydrogen) atoms. The lowest BCUT2D eigenvalue weighted by Gasteiger charge is -2.07. The van der Waals surface area contributed by atoms with Gasteiger partial charge in [0, 0.05) is 35.6 Å². The summed E-state index contributed by atoms with van der Waals surface area (Å²) in [5.41, 5.74) is 1.06. The van der Waals surface area contributed by atoms with Gasteiger partial charge < -0.3 is 10.2 Å². The molecule has 2 aromatic rings. The molecule has 0 bridgehead atoms. The maximum atomic E-state index is 11.3. The summed E-state index contributed by atoms with van der Waals surface area (Å²) in [6, 6.07) is 6.70. The number of benzene rings is 2. The van der Waals surface area contributed by atoms with E-state index < -0.39 is 20.2 Å². The second kappa shape index (κ2) is 9.56. The molecule has 0 radical (unpaired) electrons. The molecular weight excluding hydrogens is 448 g/mol. The van der Waals surface area contributed by atoms with Gasteiger partial charge in [-0.2, -0.15) is 16.8 Å². The molecule has 0 aliphatic rings. The smallest absolute Gasteiger partial charge is 0.294 e. The molecule has 0 aliphatic heterocycles. The zero-order chi connectivity index (χ0) is 23.4. The van der Waals surface area contributed by atoms with Crippen molar-refractivity contribution in [1.82, 2.24) is 0 Å². The predicted octanol–water partition coefficient (Wildman–Crippen LogP) is 2.30. The van der Waals surface area contributed by atoms with Crippen molar-refractivity contribution in [2.45, 2.75) is 30.1 Å². The van der Waals surface area contributed by atoms with Crippen LogP contribution in [0.4, 0.5) is 0 Å². The van der Waals surface area contributed by atoms with Gasteiger partial charge in [0.05, 0.1) is 9.79 Å². The van der Waals surface area contributed by atoms with Gasteiger partial charge in [-0.3, -0.25) is 19.1 Å². The third-order valence-corrected chi connectivity index (χ3v) is 6.02. The van der Waals surface area contributed by atoms with E-state index in [2.05, 4.69) is 9.98 Å². The summed E-state index contributed by atoms with van der Waals surface area (Å²) in [6.45, 7) is 3.73. The van der Waals surface area contributed by atoms with E-state index >= 15 is 0 Å². The van der Waals surface area contributed by atoms with E-state index in [1.54, 1.807) is 13.8 Å². The minimum absolute atomic E-state index is 0.168. The normalized spacial score (nSPS) is 13.4. The van der Waals surface area contributed by atoms with E-state index in [1.807, 2.05) is 0 Å². The number of nitrogens with zero attached hydrogens (tertiary/aromatic N) is 2. The SMILES string of the molecule is CC(=NCCCN=C(C)c1cc(S(=O)(=O)O)ccc1O)c1cc(S(=O)(=O)O)ccc1O. The van der Waals surface area contributed by atoms with Gasteiger partial charge in [-0.1, -0.05) is 0 Å². The number of hydrogen-bond acceptors (Lipinski definition) is 8. The summed E-state index contributed by atoms with van der Waals surface area (Å²) in [6.07, 6.45) is 0.464. The second-order valence-electron chi connectivity index (χ2n) is 6.60. The average molecular weight is 471 g/mol. The number of aromatic hydroxyl groups is 2. The van der Waals surface area contributed by atoms with Crippen LogP contribution in [0.3, 0.4) is 0 Å². The molecule has 0 saturated heterocycles. The molecule has 10 nitrogen and oxygen atoms in total. The van der Waals surface area contributed by atoms with Crippen molar-refractivity contribution in [3.05, 3.63) is 47.5 Å². The van der Waals surface area contributed by atoms with Crippen molar-refractivity contribution >= 4 is 31.7 Å². The summed E-state index contributed by atoms with van der Waals surface area (Å²) < 4.78 is 63.3. The zero-order valence-electron chi connectivity index (χ0n) is 16.7. The molecule has 0 aliphatic carbocycles. The van der Waals surface area contributed by atoms with Gasteiger partial charge in [0.2, 0.25) is 0 Å². The third kappa shape index (κ3) is 6.59. The predicted molar refractivity (Wildman–Crippen MR) is 115 cm³/mol. The number of phenols is 2. The molecule has 0 amide bonds. The summed E-state index contributed by atoms with van der Waals surface area (Å²) in [7, 11) is -8.83. The van der Waals surface area contributed by atoms with Crippen LogP contribution in [0.15, 0.2) is 56.2 Å². The summed E-state index contributed by atoms with van der Waals surface area (Å²) >= 11 is 0. The minimum Gasteiger partial charge on any atom is -0.507 e. The number of rotatable bonds is 8. The zero-order valence-corrected chi connectivity index (χ0v) is 18.4. The van der Waals surface area contributed by atoms with Gasteiger partial charge in [0.1, 0.15) is 11.5 Å². The molecule has 2 rings (SSSR count). The molecule has 168 valence electrons. The second-order valence-corrected chi connectivity index (χ2v) is 9.44. The van der Waals surface area contributed by atoms with Crippen LogP contribution in [-0.2, 0) is 20.2 Å². The summed E-state index contributed by atoms with van der Waals surface area (Å²) in [5, 5.41) is 19.8. The molecule has 12 heteroatoms. The van der Waals surface area contributed by atoms with Gasteiger partial charge in [0.15, 0.2) is 0 Å². The van der Waals surface area contributed by atoms with E-state index in [1.165, 1.54) is 0 Å². The Morgan fingerprint density at radius 3 is 1.42 bits per heavy atom. The van der Waals surface area contributed by atoms with Crippen LogP contribution in [0.2, 0.25) is 0 Å². The fourth-order valence-electron chi connectivity index (χ4n) is 2.67. The van der Waals surface area contributed by atoms with E-state index in [0.717, 1.165) is 36.4 Å². The third-order valence-electron chi connectivity index (χ3n) is 4.33. The van der Waals surface area contributed by atoms with E-state index in [-0.39, 0.29) is 45.5 Å². The number of hydrogen-bond donors (Lipinski definition) is 4. The molecule has 0 heterocycles. The molecule has 0 saturated carbocycles. The highest BCUT2D eigenvalue weighted by molar-refractivity contribution is 7.86. The van der Waals surface area contributed by atoms with Crippen LogP contribution in [0.1, 0.15) is 31.4 Å². The summed E-state index contributed by atoms with van der Waals surface area (Å²) in [5.74, 6) is -0.367. The molecule has 0 spiro atoms. The average Bonchev–Trinajstić information content (AvgIpc) is 2.66. The maximum Gasteiger partial charge on any atom is 0.294 e. The molecule has 2 aromatic carbocycles. The van der Waals surface area contributed by atoms with E-state index in [4.69, 9.17) is 9.11 Å². The van der Waals surface area contributed by atoms with Gasteiger partial charge in [-0.05, 0) is 56.7 Å². The highest BCUT2D eigenvalue weighted by Gasteiger charge is 2.15. The topological polar surface area (TPSA) is 174 Å². The molecular formula is C19H22N2O8S2. The van der Waals surface area contributed by atoms with E-state index in [9.17, 15) is 27.0 Å². The lowest BCUT2D eigenvalue weighted by molar-refractivity contribution is 0.470. The van der Waals surface area contributed by atoms with Crippen LogP contribution < -0.4 is 0 Å².